The quantitative estimate of drug-likeness (QED) is 0.817. The first-order valence-electron chi connectivity index (χ1n) is 9.58. The van der Waals surface area contributed by atoms with E-state index < -0.39 is 0 Å². The molecule has 2 N–H and O–H groups in total. The van der Waals surface area contributed by atoms with Crippen molar-refractivity contribution in [3.63, 3.8) is 0 Å². The van der Waals surface area contributed by atoms with Gasteiger partial charge in [0.1, 0.15) is 5.75 Å². The molecular weight excluding hydrogens is 330 g/mol. The molecular formula is C20H31N3O3. The van der Waals surface area contributed by atoms with E-state index >= 15 is 0 Å². The van der Waals surface area contributed by atoms with Crippen molar-refractivity contribution in [2.24, 2.45) is 5.92 Å². The molecule has 1 heterocycles. The summed E-state index contributed by atoms with van der Waals surface area (Å²) in [5.74, 6) is 1.68. The number of hydrogen-bond acceptors (Lipinski definition) is 4. The molecule has 26 heavy (non-hydrogen) atoms. The van der Waals surface area contributed by atoms with Gasteiger partial charge in [0.25, 0.3) is 0 Å². The Bertz CT molecular complexity index is 622. The van der Waals surface area contributed by atoms with Crippen molar-refractivity contribution in [2.75, 3.05) is 45.2 Å². The number of aryl methyl sites for hydroxylation is 2. The topological polar surface area (TPSA) is 65.0 Å². The lowest BCUT2D eigenvalue weighted by Gasteiger charge is -2.41. The van der Waals surface area contributed by atoms with Crippen molar-refractivity contribution >= 4 is 11.7 Å². The predicted molar refractivity (Wildman–Crippen MR) is 103 cm³/mol. The SMILES string of the molecule is COc1c(C)cc(NC(=O)N2CCN(CC3CC3)[C@@H](CCO)C2)cc1C. The van der Waals surface area contributed by atoms with Crippen molar-refractivity contribution < 1.29 is 14.6 Å². The van der Waals surface area contributed by atoms with Gasteiger partial charge in [-0.3, -0.25) is 4.90 Å². The van der Waals surface area contributed by atoms with Crippen LogP contribution in [0.15, 0.2) is 12.1 Å². The molecule has 0 aromatic heterocycles. The highest BCUT2D eigenvalue weighted by Gasteiger charge is 2.33. The van der Waals surface area contributed by atoms with Gasteiger partial charge in [0, 0.05) is 44.5 Å². The fourth-order valence-corrected chi connectivity index (χ4v) is 3.92. The lowest BCUT2D eigenvalue weighted by atomic mass is 10.1. The number of rotatable bonds is 6. The number of aliphatic hydroxyl groups excluding tert-OH is 1. The summed E-state index contributed by atoms with van der Waals surface area (Å²) >= 11 is 0. The average molecular weight is 361 g/mol. The summed E-state index contributed by atoms with van der Waals surface area (Å²) in [6.45, 7) is 7.52. The predicted octanol–water partition coefficient (Wildman–Crippen LogP) is 2.62. The molecule has 2 fully saturated rings. The van der Waals surface area contributed by atoms with E-state index in [9.17, 15) is 9.90 Å². The number of benzene rings is 1. The number of anilines is 1. The molecule has 2 aliphatic rings. The Morgan fingerprint density at radius 1 is 1.27 bits per heavy atom. The number of urea groups is 1. The first kappa shape index (κ1) is 19.0. The molecule has 1 saturated heterocycles. The first-order valence-corrected chi connectivity index (χ1v) is 9.58. The number of hydrogen-bond donors (Lipinski definition) is 2. The van der Waals surface area contributed by atoms with Crippen LogP contribution in [0.2, 0.25) is 0 Å². The number of methoxy groups -OCH3 is 1. The van der Waals surface area contributed by atoms with Crippen LogP contribution < -0.4 is 10.1 Å². The number of nitrogens with zero attached hydrogens (tertiary/aromatic N) is 2. The minimum absolute atomic E-state index is 0.0667. The fraction of sp³-hybridized carbons (Fsp3) is 0.650. The number of carbonyl (C=O) groups is 1. The molecule has 1 aliphatic heterocycles. The Hall–Kier alpha value is -1.79. The number of carbonyl (C=O) groups excluding carboxylic acids is 1. The van der Waals surface area contributed by atoms with E-state index in [1.165, 1.54) is 12.8 Å². The minimum Gasteiger partial charge on any atom is -0.496 e. The van der Waals surface area contributed by atoms with Crippen molar-refractivity contribution in [2.45, 2.75) is 39.2 Å². The summed E-state index contributed by atoms with van der Waals surface area (Å²) < 4.78 is 5.39. The Labute approximate surface area is 156 Å². The summed E-state index contributed by atoms with van der Waals surface area (Å²) in [4.78, 5) is 17.1. The number of nitrogens with one attached hydrogen (secondary N) is 1. The number of piperazine rings is 1. The van der Waals surface area contributed by atoms with Crippen molar-refractivity contribution in [3.05, 3.63) is 23.3 Å². The zero-order valence-electron chi connectivity index (χ0n) is 16.1. The third-order valence-corrected chi connectivity index (χ3v) is 5.46. The number of amides is 2. The molecule has 1 atom stereocenters. The van der Waals surface area contributed by atoms with Gasteiger partial charge in [-0.1, -0.05) is 0 Å². The lowest BCUT2D eigenvalue weighted by Crippen LogP contribution is -2.56. The van der Waals surface area contributed by atoms with Crippen molar-refractivity contribution in [1.82, 2.24) is 9.80 Å². The second-order valence-electron chi connectivity index (χ2n) is 7.62. The highest BCUT2D eigenvalue weighted by atomic mass is 16.5. The Kier molecular flexibility index (Phi) is 6.04. The largest absolute Gasteiger partial charge is 0.496 e. The van der Waals surface area contributed by atoms with Crippen LogP contribution in [0.5, 0.6) is 5.75 Å². The molecule has 1 saturated carbocycles. The van der Waals surface area contributed by atoms with Crippen LogP contribution in [0.4, 0.5) is 10.5 Å². The van der Waals surface area contributed by atoms with Crippen LogP contribution in [0.3, 0.4) is 0 Å². The van der Waals surface area contributed by atoms with Gasteiger partial charge in [0.15, 0.2) is 0 Å². The highest BCUT2D eigenvalue weighted by molar-refractivity contribution is 5.89. The van der Waals surface area contributed by atoms with E-state index in [0.717, 1.165) is 54.5 Å². The van der Waals surface area contributed by atoms with Crippen LogP contribution in [0.1, 0.15) is 30.4 Å². The van der Waals surface area contributed by atoms with Gasteiger partial charge < -0.3 is 20.1 Å². The van der Waals surface area contributed by atoms with Gasteiger partial charge in [-0.2, -0.15) is 0 Å². The normalized spacial score (nSPS) is 20.9. The average Bonchev–Trinajstić information content (AvgIpc) is 3.40. The molecule has 1 aromatic rings. The van der Waals surface area contributed by atoms with Crippen LogP contribution in [0.25, 0.3) is 0 Å². The maximum Gasteiger partial charge on any atom is 0.321 e. The summed E-state index contributed by atoms with van der Waals surface area (Å²) in [6, 6.07) is 4.07. The van der Waals surface area contributed by atoms with Gasteiger partial charge in [0.2, 0.25) is 0 Å². The van der Waals surface area contributed by atoms with Crippen LogP contribution in [0, 0.1) is 19.8 Å². The Morgan fingerprint density at radius 2 is 1.96 bits per heavy atom. The smallest absolute Gasteiger partial charge is 0.321 e. The lowest BCUT2D eigenvalue weighted by molar-refractivity contribution is 0.0739. The van der Waals surface area contributed by atoms with Gasteiger partial charge in [-0.15, -0.1) is 0 Å². The second-order valence-corrected chi connectivity index (χ2v) is 7.62. The second kappa shape index (κ2) is 8.27. The molecule has 0 radical (unpaired) electrons. The molecule has 1 aromatic carbocycles. The van der Waals surface area contributed by atoms with Crippen LogP contribution >= 0.6 is 0 Å². The van der Waals surface area contributed by atoms with E-state index in [2.05, 4.69) is 10.2 Å². The molecule has 2 amide bonds. The molecule has 6 nitrogen and oxygen atoms in total. The molecule has 6 heteroatoms. The van der Waals surface area contributed by atoms with E-state index in [4.69, 9.17) is 4.74 Å². The molecule has 144 valence electrons. The summed E-state index contributed by atoms with van der Waals surface area (Å²) in [5, 5.41) is 12.4. The van der Waals surface area contributed by atoms with Crippen LogP contribution in [-0.2, 0) is 0 Å². The Morgan fingerprint density at radius 3 is 2.54 bits per heavy atom. The summed E-state index contributed by atoms with van der Waals surface area (Å²) in [6.07, 6.45) is 3.36. The maximum atomic E-state index is 12.7. The molecule has 3 rings (SSSR count). The first-order chi connectivity index (χ1) is 12.5. The highest BCUT2D eigenvalue weighted by Crippen LogP contribution is 2.31. The maximum absolute atomic E-state index is 12.7. The van der Waals surface area contributed by atoms with E-state index in [0.29, 0.717) is 6.54 Å². The standard InChI is InChI=1S/C20H31N3O3/c1-14-10-17(11-15(2)19(14)26-3)21-20(25)23-8-7-22(12-16-4-5-16)18(13-23)6-9-24/h10-11,16,18,24H,4-9,12-13H2,1-3H3,(H,21,25)/t18-/m0/s1. The number of ether oxygens (including phenoxy) is 1. The zero-order valence-corrected chi connectivity index (χ0v) is 16.1. The van der Waals surface area contributed by atoms with Crippen molar-refractivity contribution in [3.8, 4) is 5.75 Å². The third kappa shape index (κ3) is 4.48. The van der Waals surface area contributed by atoms with Crippen molar-refractivity contribution in [1.29, 1.82) is 0 Å². The van der Waals surface area contributed by atoms with Gasteiger partial charge in [-0.05, 0) is 62.3 Å². The summed E-state index contributed by atoms with van der Waals surface area (Å²) in [7, 11) is 1.66. The monoisotopic (exact) mass is 361 g/mol. The molecule has 1 aliphatic carbocycles. The van der Waals surface area contributed by atoms with E-state index in [1.807, 2.05) is 30.9 Å². The van der Waals surface area contributed by atoms with E-state index in [-0.39, 0.29) is 18.7 Å². The minimum atomic E-state index is -0.0667. The van der Waals surface area contributed by atoms with Gasteiger partial charge in [0.05, 0.1) is 7.11 Å². The molecule has 0 bridgehead atoms. The Balaban J connectivity index is 1.62. The van der Waals surface area contributed by atoms with Gasteiger partial charge >= 0.3 is 6.03 Å². The molecule has 0 spiro atoms. The zero-order chi connectivity index (χ0) is 18.7. The third-order valence-electron chi connectivity index (χ3n) is 5.46. The van der Waals surface area contributed by atoms with Crippen LogP contribution in [-0.4, -0.2) is 66.9 Å². The molecule has 0 unspecified atom stereocenters. The van der Waals surface area contributed by atoms with Gasteiger partial charge in [-0.25, -0.2) is 4.79 Å². The van der Waals surface area contributed by atoms with E-state index in [1.54, 1.807) is 7.11 Å². The number of aliphatic hydroxyl groups is 1. The summed E-state index contributed by atoms with van der Waals surface area (Å²) in [5.41, 5.74) is 2.82. The fourth-order valence-electron chi connectivity index (χ4n) is 3.92.